The molecule has 1 saturated carbocycles. The Morgan fingerprint density at radius 3 is 2.53 bits per heavy atom. The van der Waals surface area contributed by atoms with Gasteiger partial charge in [-0.3, -0.25) is 9.36 Å². The fraction of sp³-hybridized carbons (Fsp3) is 0.160. The van der Waals surface area contributed by atoms with E-state index in [1.54, 1.807) is 29.0 Å². The maximum atomic E-state index is 13.3. The van der Waals surface area contributed by atoms with Gasteiger partial charge in [0.05, 0.1) is 16.9 Å². The number of fused-ring (bicyclic) bond motifs is 2. The van der Waals surface area contributed by atoms with E-state index in [1.165, 1.54) is 0 Å². The van der Waals surface area contributed by atoms with Crippen LogP contribution in [0.25, 0.3) is 11.2 Å². The highest BCUT2D eigenvalue weighted by Gasteiger charge is 2.33. The molecule has 1 atom stereocenters. The molecule has 168 valence electrons. The lowest BCUT2D eigenvalue weighted by Gasteiger charge is -2.13. The van der Waals surface area contributed by atoms with Crippen molar-refractivity contribution in [2.75, 3.05) is 5.32 Å². The van der Waals surface area contributed by atoms with Gasteiger partial charge in [0, 0.05) is 23.4 Å². The zero-order valence-electron chi connectivity index (χ0n) is 18.0. The molecule has 3 heterocycles. The third-order valence-electron chi connectivity index (χ3n) is 6.00. The normalized spacial score (nSPS) is 17.5. The van der Waals surface area contributed by atoms with Crippen molar-refractivity contribution in [2.24, 2.45) is 4.99 Å². The van der Waals surface area contributed by atoms with E-state index in [-0.39, 0.29) is 6.04 Å². The number of benzodiazepines with no additional fused rings is 1. The van der Waals surface area contributed by atoms with E-state index >= 15 is 0 Å². The lowest BCUT2D eigenvalue weighted by molar-refractivity contribution is -0.117. The number of rotatable bonds is 3. The molecule has 2 amide bonds. The third-order valence-corrected chi connectivity index (χ3v) is 6.00. The summed E-state index contributed by atoms with van der Waals surface area (Å²) in [4.78, 5) is 48.5. The van der Waals surface area contributed by atoms with Crippen molar-refractivity contribution >= 4 is 34.5 Å². The van der Waals surface area contributed by atoms with E-state index in [2.05, 4.69) is 20.6 Å². The fourth-order valence-electron chi connectivity index (χ4n) is 4.27. The molecule has 2 aromatic heterocycles. The predicted octanol–water partition coefficient (Wildman–Crippen LogP) is 2.91. The Morgan fingerprint density at radius 2 is 1.74 bits per heavy atom. The van der Waals surface area contributed by atoms with Gasteiger partial charge >= 0.3 is 11.7 Å². The van der Waals surface area contributed by atoms with Crippen LogP contribution >= 0.6 is 0 Å². The van der Waals surface area contributed by atoms with Crippen LogP contribution in [0, 0.1) is 0 Å². The molecule has 0 spiro atoms. The van der Waals surface area contributed by atoms with Gasteiger partial charge in [-0.2, -0.15) is 0 Å². The number of hydrogen-bond acceptors (Lipinski definition) is 5. The monoisotopic (exact) mass is 452 g/mol. The van der Waals surface area contributed by atoms with Crippen molar-refractivity contribution in [3.8, 4) is 0 Å². The summed E-state index contributed by atoms with van der Waals surface area (Å²) < 4.78 is 2.58. The van der Waals surface area contributed by atoms with Crippen LogP contribution in [0.4, 0.5) is 10.5 Å². The standard InChI is InChI=1S/C25H20N6O3/c32-23-21(28-20(15-7-2-1-3-8-15)17-9-4-5-10-18(17)27-23)29-24(33)31-19-11-6-14-26-22(19)30(25(31)34)16-12-13-16/h1-11,14,16,21H,12-13H2,(H,27,32)(H,29,33)/t21-/m1/s1. The maximum absolute atomic E-state index is 13.3. The molecule has 2 N–H and O–H groups in total. The summed E-state index contributed by atoms with van der Waals surface area (Å²) in [6.07, 6.45) is 2.09. The van der Waals surface area contributed by atoms with Crippen LogP contribution in [0.2, 0.25) is 0 Å². The second-order valence-corrected chi connectivity index (χ2v) is 8.30. The average molecular weight is 452 g/mol. The predicted molar refractivity (Wildman–Crippen MR) is 127 cm³/mol. The molecule has 0 radical (unpaired) electrons. The number of aromatic nitrogens is 3. The van der Waals surface area contributed by atoms with E-state index in [9.17, 15) is 14.4 Å². The van der Waals surface area contributed by atoms with Gasteiger partial charge in [-0.25, -0.2) is 24.1 Å². The van der Waals surface area contributed by atoms with Crippen LogP contribution < -0.4 is 16.3 Å². The topological polar surface area (TPSA) is 110 Å². The van der Waals surface area contributed by atoms with Crippen LogP contribution in [0.1, 0.15) is 30.0 Å². The van der Waals surface area contributed by atoms with Crippen molar-refractivity contribution < 1.29 is 9.59 Å². The van der Waals surface area contributed by atoms with Crippen LogP contribution in [0.3, 0.4) is 0 Å². The highest BCUT2D eigenvalue weighted by Crippen LogP contribution is 2.35. The van der Waals surface area contributed by atoms with Crippen LogP contribution in [-0.2, 0) is 4.79 Å². The Hall–Kier alpha value is -4.53. The zero-order valence-corrected chi connectivity index (χ0v) is 18.0. The molecule has 9 nitrogen and oxygen atoms in total. The summed E-state index contributed by atoms with van der Waals surface area (Å²) in [6.45, 7) is 0. The van der Waals surface area contributed by atoms with Crippen LogP contribution in [-0.4, -0.2) is 37.9 Å². The van der Waals surface area contributed by atoms with E-state index in [0.29, 0.717) is 22.6 Å². The van der Waals surface area contributed by atoms with E-state index in [0.717, 1.165) is 28.5 Å². The minimum absolute atomic E-state index is 0.0392. The van der Waals surface area contributed by atoms with Crippen molar-refractivity contribution in [1.29, 1.82) is 0 Å². The summed E-state index contributed by atoms with van der Waals surface area (Å²) in [5.41, 5.74) is 3.08. The molecular weight excluding hydrogens is 432 g/mol. The van der Waals surface area contributed by atoms with Crippen LogP contribution in [0.15, 0.2) is 82.7 Å². The average Bonchev–Trinajstić information content (AvgIpc) is 3.66. The smallest absolute Gasteiger partial charge is 0.322 e. The first-order chi connectivity index (χ1) is 16.6. The Kier molecular flexibility index (Phi) is 4.61. The molecular formula is C25H20N6O3. The number of nitrogens with zero attached hydrogens (tertiary/aromatic N) is 4. The first-order valence-electron chi connectivity index (χ1n) is 11.0. The first-order valence-corrected chi connectivity index (χ1v) is 11.0. The van der Waals surface area contributed by atoms with Crippen molar-refractivity contribution in [1.82, 2.24) is 19.4 Å². The number of para-hydroxylation sites is 1. The minimum atomic E-state index is -1.24. The molecule has 2 aromatic carbocycles. The molecule has 0 saturated heterocycles. The number of carbonyl (C=O) groups excluding carboxylic acids is 2. The number of aliphatic imine (C=N–C) groups is 1. The molecule has 9 heteroatoms. The van der Waals surface area contributed by atoms with Gasteiger partial charge in [-0.05, 0) is 31.0 Å². The number of nitrogens with one attached hydrogen (secondary N) is 2. The maximum Gasteiger partial charge on any atom is 0.338 e. The number of benzene rings is 2. The molecule has 1 aliphatic carbocycles. The second kappa shape index (κ2) is 7.80. The molecule has 34 heavy (non-hydrogen) atoms. The lowest BCUT2D eigenvalue weighted by Crippen LogP contribution is -2.46. The van der Waals surface area contributed by atoms with Gasteiger partial charge in [0.1, 0.15) is 0 Å². The molecule has 1 fully saturated rings. The summed E-state index contributed by atoms with van der Waals surface area (Å²) in [7, 11) is 0. The number of amides is 2. The number of anilines is 1. The minimum Gasteiger partial charge on any atom is -0.322 e. The second-order valence-electron chi connectivity index (χ2n) is 8.30. The zero-order chi connectivity index (χ0) is 23.2. The van der Waals surface area contributed by atoms with Gasteiger partial charge in [0.25, 0.3) is 5.91 Å². The summed E-state index contributed by atoms with van der Waals surface area (Å²) in [5, 5.41) is 5.49. The van der Waals surface area contributed by atoms with Crippen molar-refractivity contribution in [3.05, 3.63) is 94.5 Å². The van der Waals surface area contributed by atoms with Gasteiger partial charge in [0.2, 0.25) is 6.17 Å². The summed E-state index contributed by atoms with van der Waals surface area (Å²) in [5.74, 6) is -0.496. The lowest BCUT2D eigenvalue weighted by atomic mass is 10.0. The van der Waals surface area contributed by atoms with Gasteiger partial charge in [-0.15, -0.1) is 0 Å². The molecule has 1 aliphatic heterocycles. The van der Waals surface area contributed by atoms with E-state index in [4.69, 9.17) is 0 Å². The van der Waals surface area contributed by atoms with E-state index in [1.807, 2.05) is 48.5 Å². The van der Waals surface area contributed by atoms with E-state index < -0.39 is 23.8 Å². The summed E-state index contributed by atoms with van der Waals surface area (Å²) >= 11 is 0. The number of imidazole rings is 1. The SMILES string of the molecule is O=C1Nc2ccccc2C(c2ccccc2)=N[C@@H]1NC(=O)n1c(=O)n(C2CC2)c2ncccc21. The number of carbonyl (C=O) groups is 2. The number of pyridine rings is 1. The van der Waals surface area contributed by atoms with Gasteiger partial charge in [-0.1, -0.05) is 48.5 Å². The Bertz CT molecular complexity index is 1530. The van der Waals surface area contributed by atoms with Crippen LogP contribution in [0.5, 0.6) is 0 Å². The first kappa shape index (κ1) is 20.1. The van der Waals surface area contributed by atoms with Gasteiger partial charge in [0.15, 0.2) is 5.65 Å². The number of hydrogen-bond donors (Lipinski definition) is 2. The quantitative estimate of drug-likeness (QED) is 0.498. The molecule has 2 aliphatic rings. The molecule has 4 aromatic rings. The molecule has 0 bridgehead atoms. The third kappa shape index (κ3) is 3.29. The Morgan fingerprint density at radius 1 is 0.971 bits per heavy atom. The van der Waals surface area contributed by atoms with Gasteiger partial charge < -0.3 is 10.6 Å². The fourth-order valence-corrected chi connectivity index (χ4v) is 4.27. The van der Waals surface area contributed by atoms with Crippen molar-refractivity contribution in [3.63, 3.8) is 0 Å². The Balaban J connectivity index is 1.43. The molecule has 0 unspecified atom stereocenters. The summed E-state index contributed by atoms with van der Waals surface area (Å²) in [6, 6.07) is 19.4. The largest absolute Gasteiger partial charge is 0.338 e. The van der Waals surface area contributed by atoms with Crippen molar-refractivity contribution in [2.45, 2.75) is 25.0 Å². The highest BCUT2D eigenvalue weighted by molar-refractivity contribution is 6.19. The highest BCUT2D eigenvalue weighted by atomic mass is 16.2. The molecule has 6 rings (SSSR count). The Labute approximate surface area is 193 Å².